The normalized spacial score (nSPS) is 41.2. The van der Waals surface area contributed by atoms with Gasteiger partial charge in [-0.2, -0.15) is 0 Å². The van der Waals surface area contributed by atoms with Gasteiger partial charge < -0.3 is 5.32 Å². The van der Waals surface area contributed by atoms with Crippen LogP contribution in [-0.4, -0.2) is 32.0 Å². The van der Waals surface area contributed by atoms with Gasteiger partial charge in [0, 0.05) is 12.1 Å². The summed E-state index contributed by atoms with van der Waals surface area (Å²) >= 11 is 0. The molecule has 3 aliphatic rings. The molecule has 3 nitrogen and oxygen atoms in total. The molecule has 0 aliphatic carbocycles. The summed E-state index contributed by atoms with van der Waals surface area (Å²) in [6.45, 7) is 0. The van der Waals surface area contributed by atoms with Crippen LogP contribution >= 0.6 is 12.4 Å². The minimum atomic E-state index is -2.64. The van der Waals surface area contributed by atoms with Crippen molar-refractivity contribution in [2.24, 2.45) is 0 Å². The molecule has 0 amide bonds. The highest BCUT2D eigenvalue weighted by Crippen LogP contribution is 2.21. The quantitative estimate of drug-likeness (QED) is 0.555. The van der Waals surface area contributed by atoms with E-state index in [2.05, 4.69) is 5.32 Å². The van der Waals surface area contributed by atoms with Crippen LogP contribution in [0.5, 0.6) is 0 Å². The van der Waals surface area contributed by atoms with Crippen molar-refractivity contribution in [2.45, 2.75) is 18.5 Å². The van der Waals surface area contributed by atoms with Crippen LogP contribution in [0.1, 0.15) is 6.42 Å². The molecule has 0 radical (unpaired) electrons. The van der Waals surface area contributed by atoms with Crippen molar-refractivity contribution in [1.82, 2.24) is 5.32 Å². The average molecular weight is 184 g/mol. The van der Waals surface area contributed by atoms with Crippen LogP contribution in [-0.2, 0) is 9.84 Å². The molecule has 3 saturated heterocycles. The molecule has 0 aromatic carbocycles. The van der Waals surface area contributed by atoms with Crippen molar-refractivity contribution in [2.75, 3.05) is 11.5 Å². The zero-order chi connectivity index (χ0) is 6.48. The molecule has 2 bridgehead atoms. The number of hydrogen-bond donors (Lipinski definition) is 1. The molecule has 10 heavy (non-hydrogen) atoms. The van der Waals surface area contributed by atoms with Crippen LogP contribution in [0.4, 0.5) is 0 Å². The SMILES string of the molecule is Cl.O=S1(=O)CC2CC(C1)N2. The number of halogens is 1. The second-order valence-electron chi connectivity index (χ2n) is 2.87. The molecule has 3 rings (SSSR count). The zero-order valence-electron chi connectivity index (χ0n) is 5.41. The Morgan fingerprint density at radius 1 is 1.20 bits per heavy atom. The fourth-order valence-electron chi connectivity index (χ4n) is 1.57. The summed E-state index contributed by atoms with van der Waals surface area (Å²) in [6.07, 6.45) is 1.07. The van der Waals surface area contributed by atoms with Crippen LogP contribution in [0, 0.1) is 0 Å². The Labute approximate surface area is 66.5 Å². The Bertz CT molecular complexity index is 204. The van der Waals surface area contributed by atoms with Crippen molar-refractivity contribution in [3.8, 4) is 0 Å². The number of sulfone groups is 1. The van der Waals surface area contributed by atoms with Gasteiger partial charge in [0.1, 0.15) is 0 Å². The monoisotopic (exact) mass is 183 g/mol. The Hall–Kier alpha value is 0.200. The molecule has 2 atom stereocenters. The topological polar surface area (TPSA) is 46.2 Å². The predicted octanol–water partition coefficient (Wildman–Crippen LogP) is -0.433. The van der Waals surface area contributed by atoms with E-state index in [0.29, 0.717) is 11.5 Å². The minimum absolute atomic E-state index is 0. The van der Waals surface area contributed by atoms with Crippen molar-refractivity contribution < 1.29 is 8.42 Å². The number of fused-ring (bicyclic) bond motifs is 2. The Morgan fingerprint density at radius 2 is 1.60 bits per heavy atom. The standard InChI is InChI=1S/C5H9NO2S.ClH/c7-9(8)2-4-1-5(3-9)6-4;/h4-6H,1-3H2;1H. The Balaban J connectivity index is 0.000000500. The fourth-order valence-corrected chi connectivity index (χ4v) is 3.39. The summed E-state index contributed by atoms with van der Waals surface area (Å²) in [5.74, 6) is 0.729. The van der Waals surface area contributed by atoms with E-state index in [1.54, 1.807) is 0 Å². The van der Waals surface area contributed by atoms with Gasteiger partial charge in [0.2, 0.25) is 0 Å². The third-order valence-corrected chi connectivity index (χ3v) is 3.77. The molecule has 3 aliphatic heterocycles. The first-order chi connectivity index (χ1) is 4.16. The van der Waals surface area contributed by atoms with Gasteiger partial charge in [-0.1, -0.05) is 0 Å². The van der Waals surface area contributed by atoms with Gasteiger partial charge in [-0.25, -0.2) is 8.42 Å². The molecule has 0 aromatic rings. The van der Waals surface area contributed by atoms with E-state index in [-0.39, 0.29) is 24.5 Å². The summed E-state index contributed by atoms with van der Waals surface area (Å²) in [5.41, 5.74) is 0. The number of rotatable bonds is 0. The van der Waals surface area contributed by atoms with E-state index >= 15 is 0 Å². The van der Waals surface area contributed by atoms with Gasteiger partial charge in [-0.05, 0) is 6.42 Å². The van der Waals surface area contributed by atoms with Gasteiger partial charge >= 0.3 is 0 Å². The van der Waals surface area contributed by atoms with Crippen molar-refractivity contribution in [3.05, 3.63) is 0 Å². The zero-order valence-corrected chi connectivity index (χ0v) is 7.04. The molecule has 60 valence electrons. The lowest BCUT2D eigenvalue weighted by Gasteiger charge is -2.41. The third-order valence-electron chi connectivity index (χ3n) is 1.95. The van der Waals surface area contributed by atoms with Crippen molar-refractivity contribution in [3.63, 3.8) is 0 Å². The van der Waals surface area contributed by atoms with Gasteiger partial charge in [0.05, 0.1) is 11.5 Å². The maximum Gasteiger partial charge on any atom is 0.153 e. The lowest BCUT2D eigenvalue weighted by atomic mass is 10.00. The average Bonchev–Trinajstić information content (AvgIpc) is 1.58. The molecule has 3 fully saturated rings. The largest absolute Gasteiger partial charge is 0.309 e. The first-order valence-electron chi connectivity index (χ1n) is 3.12. The maximum absolute atomic E-state index is 10.9. The lowest BCUT2D eigenvalue weighted by Crippen LogP contribution is -2.63. The van der Waals surface area contributed by atoms with Gasteiger partial charge in [0.15, 0.2) is 9.84 Å². The first kappa shape index (κ1) is 8.30. The minimum Gasteiger partial charge on any atom is -0.309 e. The van der Waals surface area contributed by atoms with Gasteiger partial charge in [0.25, 0.3) is 0 Å². The third kappa shape index (κ3) is 1.28. The highest BCUT2D eigenvalue weighted by molar-refractivity contribution is 7.91. The summed E-state index contributed by atoms with van der Waals surface area (Å²) < 4.78 is 21.7. The summed E-state index contributed by atoms with van der Waals surface area (Å²) in [5, 5.41) is 3.16. The van der Waals surface area contributed by atoms with Crippen molar-refractivity contribution >= 4 is 22.2 Å². The smallest absolute Gasteiger partial charge is 0.153 e. The first-order valence-corrected chi connectivity index (χ1v) is 4.94. The van der Waals surface area contributed by atoms with Gasteiger partial charge in [-0.3, -0.25) is 0 Å². The van der Waals surface area contributed by atoms with E-state index in [1.807, 2.05) is 0 Å². The summed E-state index contributed by atoms with van der Waals surface area (Å²) in [6, 6.07) is 0.572. The Morgan fingerprint density at radius 3 is 1.80 bits per heavy atom. The molecule has 0 aromatic heterocycles. The predicted molar refractivity (Wildman–Crippen MR) is 41.2 cm³/mol. The number of hydrogen-bond acceptors (Lipinski definition) is 3. The second-order valence-corrected chi connectivity index (χ2v) is 5.03. The van der Waals surface area contributed by atoms with Crippen LogP contribution in [0.25, 0.3) is 0 Å². The molecule has 5 heteroatoms. The molecular formula is C5H10ClNO2S. The van der Waals surface area contributed by atoms with Crippen LogP contribution in [0.15, 0.2) is 0 Å². The van der Waals surface area contributed by atoms with E-state index in [1.165, 1.54) is 0 Å². The van der Waals surface area contributed by atoms with Crippen LogP contribution < -0.4 is 5.32 Å². The maximum atomic E-state index is 10.9. The van der Waals surface area contributed by atoms with E-state index in [4.69, 9.17) is 0 Å². The van der Waals surface area contributed by atoms with Crippen molar-refractivity contribution in [1.29, 1.82) is 0 Å². The molecule has 3 heterocycles. The van der Waals surface area contributed by atoms with Crippen LogP contribution in [0.2, 0.25) is 0 Å². The molecule has 2 unspecified atom stereocenters. The van der Waals surface area contributed by atoms with E-state index < -0.39 is 9.84 Å². The Kier molecular flexibility index (Phi) is 1.96. The molecule has 1 N–H and O–H groups in total. The second kappa shape index (κ2) is 2.36. The molecular weight excluding hydrogens is 174 g/mol. The van der Waals surface area contributed by atoms with Crippen LogP contribution in [0.3, 0.4) is 0 Å². The summed E-state index contributed by atoms with van der Waals surface area (Å²) in [4.78, 5) is 0. The highest BCUT2D eigenvalue weighted by atomic mass is 35.5. The van der Waals surface area contributed by atoms with E-state index in [0.717, 1.165) is 6.42 Å². The highest BCUT2D eigenvalue weighted by Gasteiger charge is 2.40. The molecule has 0 saturated carbocycles. The fraction of sp³-hybridized carbons (Fsp3) is 1.00. The lowest BCUT2D eigenvalue weighted by molar-refractivity contribution is 0.288. The van der Waals surface area contributed by atoms with Gasteiger partial charge in [-0.15, -0.1) is 12.4 Å². The summed E-state index contributed by atoms with van der Waals surface area (Å²) in [7, 11) is -2.64. The number of nitrogens with one attached hydrogen (secondary N) is 1. The van der Waals surface area contributed by atoms with E-state index in [9.17, 15) is 8.42 Å². The molecule has 0 spiro atoms.